The third-order valence-electron chi connectivity index (χ3n) is 16.2. The van der Waals surface area contributed by atoms with Gasteiger partial charge in [0.1, 0.15) is 16.9 Å². The Morgan fingerprint density at radius 2 is 0.890 bits per heavy atom. The van der Waals surface area contributed by atoms with Crippen LogP contribution in [-0.4, -0.2) is 16.4 Å². The molecule has 8 aromatic carbocycles. The Kier molecular flexibility index (Phi) is 13.0. The maximum Gasteiger partial charge on any atom is 0.221 e. The van der Waals surface area contributed by atoms with Crippen molar-refractivity contribution in [3.8, 4) is 0 Å². The number of nitrogens with zero attached hydrogens (tertiary/aromatic N) is 2. The van der Waals surface area contributed by atoms with E-state index >= 15 is 4.79 Å². The molecule has 7 heteroatoms. The predicted molar refractivity (Wildman–Crippen MR) is 297 cm³/mol. The Hall–Kier alpha value is -8.26. The predicted octanol–water partition coefficient (Wildman–Crippen LogP) is 13.4. The Balaban J connectivity index is 1.11. The van der Waals surface area contributed by atoms with Crippen LogP contribution in [0.5, 0.6) is 0 Å². The number of nitrogens with one attached hydrogen (secondary N) is 2. The van der Waals surface area contributed by atoms with Crippen LogP contribution >= 0.6 is 0 Å². The number of nitrogen functional groups attached to an aromatic ring is 1. The van der Waals surface area contributed by atoms with Gasteiger partial charge in [0.25, 0.3) is 0 Å². The minimum atomic E-state index is -1.13. The van der Waals surface area contributed by atoms with Gasteiger partial charge in [0.2, 0.25) is 5.91 Å². The number of hydrazine groups is 1. The molecule has 1 atom stereocenters. The van der Waals surface area contributed by atoms with Crippen LogP contribution in [0.4, 0.5) is 17.3 Å². The highest BCUT2D eigenvalue weighted by Gasteiger charge is 2.50. The SMILES string of the molecule is Nc1c(C(CC(=O)NC23CCC(c4ccccc4)(CC2)CC3)c2ccccc2)cc(NC(c2ccccc2)(c2ccccc2)c2ccccc2)nc1N(N)C(c1ccccc1)(c1ccccc1)c1ccccc1. The summed E-state index contributed by atoms with van der Waals surface area (Å²) in [7, 11) is 0. The molecule has 2 bridgehead atoms. The number of anilines is 3. The Bertz CT molecular complexity index is 3030. The molecule has 1 heterocycles. The maximum atomic E-state index is 15.1. The van der Waals surface area contributed by atoms with Crippen molar-refractivity contribution >= 4 is 23.2 Å². The number of aromatic nitrogens is 1. The summed E-state index contributed by atoms with van der Waals surface area (Å²) in [6.45, 7) is 0. The summed E-state index contributed by atoms with van der Waals surface area (Å²) in [4.78, 5) is 20.7. The average molecular weight is 955 g/mol. The second-order valence-corrected chi connectivity index (χ2v) is 20.1. The molecule has 0 aliphatic heterocycles. The fraction of sp³-hybridized carbons (Fsp3) is 0.182. The van der Waals surface area contributed by atoms with E-state index in [1.54, 1.807) is 5.01 Å². The zero-order valence-electron chi connectivity index (χ0n) is 41.2. The van der Waals surface area contributed by atoms with E-state index in [1.807, 2.05) is 91.0 Å². The third kappa shape index (κ3) is 8.74. The molecule has 73 heavy (non-hydrogen) atoms. The van der Waals surface area contributed by atoms with Crippen LogP contribution in [0, 0.1) is 0 Å². The molecular formula is C66H62N6O. The smallest absolute Gasteiger partial charge is 0.221 e. The van der Waals surface area contributed by atoms with E-state index in [4.69, 9.17) is 16.6 Å². The summed E-state index contributed by atoms with van der Waals surface area (Å²) in [6, 6.07) is 85.8. The number of benzene rings is 8. The molecule has 1 unspecified atom stereocenters. The summed E-state index contributed by atoms with van der Waals surface area (Å²) >= 11 is 0. The van der Waals surface area contributed by atoms with Gasteiger partial charge in [-0.1, -0.05) is 243 Å². The molecule has 9 aromatic rings. The molecule has 1 amide bonds. The van der Waals surface area contributed by atoms with Crippen LogP contribution in [0.3, 0.4) is 0 Å². The van der Waals surface area contributed by atoms with Crippen molar-refractivity contribution in [3.05, 3.63) is 299 Å². The molecule has 1 aromatic heterocycles. The number of fused-ring (bicyclic) bond motifs is 3. The maximum absolute atomic E-state index is 15.1. The van der Waals surface area contributed by atoms with Crippen LogP contribution < -0.4 is 27.2 Å². The van der Waals surface area contributed by atoms with Crippen molar-refractivity contribution in [1.82, 2.24) is 10.3 Å². The van der Waals surface area contributed by atoms with Crippen molar-refractivity contribution in [1.29, 1.82) is 0 Å². The number of pyridine rings is 1. The van der Waals surface area contributed by atoms with Crippen LogP contribution in [0.25, 0.3) is 0 Å². The van der Waals surface area contributed by atoms with Gasteiger partial charge in [0, 0.05) is 17.9 Å². The topological polar surface area (TPSA) is 109 Å². The second-order valence-electron chi connectivity index (χ2n) is 20.1. The first-order valence-corrected chi connectivity index (χ1v) is 25.7. The van der Waals surface area contributed by atoms with Crippen LogP contribution in [0.1, 0.15) is 101 Å². The molecule has 3 fully saturated rings. The van der Waals surface area contributed by atoms with Crippen molar-refractivity contribution in [2.75, 3.05) is 16.1 Å². The number of rotatable bonds is 16. The number of amides is 1. The zero-order valence-corrected chi connectivity index (χ0v) is 41.2. The van der Waals surface area contributed by atoms with E-state index in [9.17, 15) is 0 Å². The van der Waals surface area contributed by atoms with E-state index in [0.717, 1.165) is 83.0 Å². The van der Waals surface area contributed by atoms with Gasteiger partial charge in [-0.3, -0.25) is 9.80 Å². The summed E-state index contributed by atoms with van der Waals surface area (Å²) < 4.78 is 0. The molecule has 3 saturated carbocycles. The highest BCUT2D eigenvalue weighted by atomic mass is 16.1. The van der Waals surface area contributed by atoms with E-state index in [1.165, 1.54) is 5.56 Å². The van der Waals surface area contributed by atoms with Gasteiger partial charge in [-0.2, -0.15) is 0 Å². The minimum absolute atomic E-state index is 0.000697. The van der Waals surface area contributed by atoms with Gasteiger partial charge in [-0.05, 0) is 100 Å². The molecule has 0 spiro atoms. The molecule has 362 valence electrons. The molecule has 0 radical (unpaired) electrons. The van der Waals surface area contributed by atoms with Crippen LogP contribution in [0.2, 0.25) is 0 Å². The zero-order chi connectivity index (χ0) is 49.7. The highest BCUT2D eigenvalue weighted by molar-refractivity contribution is 5.81. The number of hydrogen-bond acceptors (Lipinski definition) is 6. The molecule has 12 rings (SSSR count). The van der Waals surface area contributed by atoms with Crippen LogP contribution in [0.15, 0.2) is 249 Å². The van der Waals surface area contributed by atoms with Crippen molar-refractivity contribution < 1.29 is 4.79 Å². The number of carbonyl (C=O) groups is 1. The standard InChI is InChI=1S/C66H62N6O/c67-61-58(57(49-25-9-1-10-26-49)48-60(73)71-64-44-41-63(42-45-64,43-46-64)50-27-11-2-12-28-50)47-59(70-65(51-29-13-3-14-30-51,52-31-15-4-16-32-52)53-33-17-5-18-34-53)69-62(61)72(68)66(54-35-19-6-20-36-54,55-37-21-7-22-38-55)56-39-23-8-24-40-56/h1-40,47,57H,41-46,48,67-68H2,(H,69,70)(H,71,73). The van der Waals surface area contributed by atoms with Gasteiger partial charge in [0.15, 0.2) is 5.82 Å². The quantitative estimate of drug-likeness (QED) is 0.0436. The summed E-state index contributed by atoms with van der Waals surface area (Å²) in [5, 5.41) is 9.52. The lowest BCUT2D eigenvalue weighted by atomic mass is 9.55. The van der Waals surface area contributed by atoms with Crippen LogP contribution in [-0.2, 0) is 21.3 Å². The Morgan fingerprint density at radius 1 is 0.521 bits per heavy atom. The lowest BCUT2D eigenvalue weighted by molar-refractivity contribution is -0.124. The van der Waals surface area contributed by atoms with Crippen molar-refractivity contribution in [2.45, 2.75) is 72.9 Å². The fourth-order valence-electron chi connectivity index (χ4n) is 12.4. The first kappa shape index (κ1) is 47.1. The molecular weight excluding hydrogens is 893 g/mol. The fourth-order valence-corrected chi connectivity index (χ4v) is 12.4. The monoisotopic (exact) mass is 954 g/mol. The van der Waals surface area contributed by atoms with E-state index in [0.29, 0.717) is 17.3 Å². The summed E-state index contributed by atoms with van der Waals surface area (Å²) in [5.41, 5.74) is 14.9. The van der Waals surface area contributed by atoms with Crippen molar-refractivity contribution in [3.63, 3.8) is 0 Å². The van der Waals surface area contributed by atoms with Gasteiger partial charge in [0.05, 0.1) is 5.69 Å². The number of nitrogens with two attached hydrogens (primary N) is 2. The van der Waals surface area contributed by atoms with Gasteiger partial charge >= 0.3 is 0 Å². The normalized spacial score (nSPS) is 17.8. The van der Waals surface area contributed by atoms with E-state index < -0.39 is 17.0 Å². The van der Waals surface area contributed by atoms with E-state index in [2.05, 4.69) is 168 Å². The number of hydrogen-bond donors (Lipinski definition) is 4. The highest BCUT2D eigenvalue weighted by Crippen LogP contribution is 2.54. The average Bonchev–Trinajstić information content (AvgIpc) is 3.47. The van der Waals surface area contributed by atoms with Crippen molar-refractivity contribution in [2.24, 2.45) is 5.84 Å². The lowest BCUT2D eigenvalue weighted by Gasteiger charge is -2.54. The van der Waals surface area contributed by atoms with Gasteiger partial charge < -0.3 is 16.4 Å². The molecule has 3 aliphatic rings. The lowest BCUT2D eigenvalue weighted by Crippen LogP contribution is -2.57. The second kappa shape index (κ2) is 20.1. The van der Waals surface area contributed by atoms with Gasteiger partial charge in [-0.25, -0.2) is 10.8 Å². The summed E-state index contributed by atoms with van der Waals surface area (Å²) in [5.74, 6) is 8.35. The summed E-state index contributed by atoms with van der Waals surface area (Å²) in [6.07, 6.45) is 6.17. The largest absolute Gasteiger partial charge is 0.395 e. The molecule has 0 saturated heterocycles. The minimum Gasteiger partial charge on any atom is -0.395 e. The Morgan fingerprint density at radius 3 is 1.30 bits per heavy atom. The number of carbonyl (C=O) groups excluding carboxylic acids is 1. The first-order chi connectivity index (χ1) is 35.8. The third-order valence-corrected chi connectivity index (χ3v) is 16.2. The van der Waals surface area contributed by atoms with Gasteiger partial charge in [-0.15, -0.1) is 0 Å². The molecule has 3 aliphatic carbocycles. The van der Waals surface area contributed by atoms with E-state index in [-0.39, 0.29) is 23.3 Å². The molecule has 7 nitrogen and oxygen atoms in total. The first-order valence-electron chi connectivity index (χ1n) is 25.7. The Labute approximate surface area is 430 Å². The molecule has 6 N–H and O–H groups in total.